The van der Waals surface area contributed by atoms with Gasteiger partial charge in [-0.2, -0.15) is 0 Å². The Morgan fingerprint density at radius 1 is 0.762 bits per heavy atom. The third-order valence-electron chi connectivity index (χ3n) is 3.66. The lowest BCUT2D eigenvalue weighted by atomic mass is 10.1. The van der Waals surface area contributed by atoms with Crippen molar-refractivity contribution in [2.75, 3.05) is 26.4 Å². The molecule has 0 saturated heterocycles. The van der Waals surface area contributed by atoms with Gasteiger partial charge in [0.15, 0.2) is 0 Å². The van der Waals surface area contributed by atoms with Gasteiger partial charge in [-0.15, -0.1) is 0 Å². The van der Waals surface area contributed by atoms with Crippen molar-refractivity contribution in [3.63, 3.8) is 0 Å². The predicted octanol–water partition coefficient (Wildman–Crippen LogP) is 4.15. The molecule has 4 nitrogen and oxygen atoms in total. The third kappa shape index (κ3) is 8.31. The van der Waals surface area contributed by atoms with Gasteiger partial charge in [0.05, 0.1) is 12.1 Å². The molecule has 128 valence electrons. The molecule has 0 rings (SSSR count). The Hall–Kier alpha value is 0.0569. The van der Waals surface area contributed by atoms with Crippen molar-refractivity contribution in [2.45, 2.75) is 78.2 Å². The Morgan fingerprint density at radius 3 is 1.67 bits per heavy atom. The molecular formula is C16H36O4Si. The Morgan fingerprint density at radius 2 is 1.24 bits per heavy atom. The van der Waals surface area contributed by atoms with E-state index in [0.717, 1.165) is 12.8 Å². The van der Waals surface area contributed by atoms with Crippen LogP contribution in [0.2, 0.25) is 5.54 Å². The maximum absolute atomic E-state index is 9.78. The fourth-order valence-electron chi connectivity index (χ4n) is 2.63. The van der Waals surface area contributed by atoms with Gasteiger partial charge in [0.25, 0.3) is 0 Å². The van der Waals surface area contributed by atoms with Gasteiger partial charge in [-0.25, -0.2) is 0 Å². The van der Waals surface area contributed by atoms with Gasteiger partial charge in [-0.05, 0) is 27.2 Å². The molecule has 0 saturated carbocycles. The molecule has 0 aliphatic carbocycles. The molecule has 1 atom stereocenters. The minimum atomic E-state index is -2.75. The summed E-state index contributed by atoms with van der Waals surface area (Å²) in [5.41, 5.74) is 0.00326. The van der Waals surface area contributed by atoms with Crippen LogP contribution in [-0.2, 0) is 13.3 Å². The first-order valence-electron chi connectivity index (χ1n) is 8.73. The van der Waals surface area contributed by atoms with Crippen molar-refractivity contribution in [1.29, 1.82) is 0 Å². The molecule has 0 aliphatic heterocycles. The van der Waals surface area contributed by atoms with Crippen LogP contribution in [0, 0.1) is 0 Å². The number of unbranched alkanes of at least 4 members (excludes halogenated alkanes) is 5. The summed E-state index contributed by atoms with van der Waals surface area (Å²) < 4.78 is 17.7. The van der Waals surface area contributed by atoms with Gasteiger partial charge in [0.1, 0.15) is 0 Å². The van der Waals surface area contributed by atoms with Gasteiger partial charge in [-0.3, -0.25) is 0 Å². The maximum atomic E-state index is 9.78. The standard InChI is InChI=1S/C16H36O4Si/c1-5-9-10-11-12-13-14-16(15-17)21(18-6-2,19-7-3)20-8-4/h16-17H,5-15H2,1-4H3. The summed E-state index contributed by atoms with van der Waals surface area (Å²) in [7, 11) is -2.75. The second-order valence-corrected chi connectivity index (χ2v) is 8.23. The fourth-order valence-corrected chi connectivity index (χ4v) is 5.58. The summed E-state index contributed by atoms with van der Waals surface area (Å²) >= 11 is 0. The molecule has 0 heterocycles. The van der Waals surface area contributed by atoms with E-state index < -0.39 is 8.80 Å². The largest absolute Gasteiger partial charge is 0.506 e. The summed E-state index contributed by atoms with van der Waals surface area (Å²) in [4.78, 5) is 0. The molecule has 0 spiro atoms. The van der Waals surface area contributed by atoms with E-state index in [4.69, 9.17) is 13.3 Å². The number of aliphatic hydroxyl groups is 1. The molecule has 0 bridgehead atoms. The Balaban J connectivity index is 4.43. The first-order chi connectivity index (χ1) is 10.2. The second-order valence-electron chi connectivity index (χ2n) is 5.34. The molecule has 1 unspecified atom stereocenters. The molecule has 0 aromatic heterocycles. The summed E-state index contributed by atoms with van der Waals surface area (Å²) in [6, 6.07) is 0. The molecule has 5 heteroatoms. The van der Waals surface area contributed by atoms with Gasteiger partial charge in [0.2, 0.25) is 0 Å². The van der Waals surface area contributed by atoms with Crippen LogP contribution < -0.4 is 0 Å². The number of hydrogen-bond donors (Lipinski definition) is 1. The van der Waals surface area contributed by atoms with Crippen LogP contribution in [0.3, 0.4) is 0 Å². The summed E-state index contributed by atoms with van der Waals surface area (Å²) in [5.74, 6) is 0. The maximum Gasteiger partial charge on any atom is 0.506 e. The highest BCUT2D eigenvalue weighted by Crippen LogP contribution is 2.31. The molecule has 0 aromatic rings. The van der Waals surface area contributed by atoms with Crippen LogP contribution >= 0.6 is 0 Å². The minimum Gasteiger partial charge on any atom is -0.396 e. The average molecular weight is 321 g/mol. The Labute approximate surface area is 132 Å². The first kappa shape index (κ1) is 21.1. The van der Waals surface area contributed by atoms with E-state index in [1.54, 1.807) is 0 Å². The second kappa shape index (κ2) is 13.7. The summed E-state index contributed by atoms with van der Waals surface area (Å²) in [5, 5.41) is 9.78. The fraction of sp³-hybridized carbons (Fsp3) is 1.00. The van der Waals surface area contributed by atoms with Crippen molar-refractivity contribution >= 4 is 8.80 Å². The zero-order valence-corrected chi connectivity index (χ0v) is 15.5. The normalized spacial score (nSPS) is 13.6. The molecule has 0 radical (unpaired) electrons. The van der Waals surface area contributed by atoms with Crippen LogP contribution in [0.25, 0.3) is 0 Å². The Kier molecular flexibility index (Phi) is 13.7. The van der Waals surface area contributed by atoms with E-state index in [9.17, 15) is 5.11 Å². The number of rotatable bonds is 15. The van der Waals surface area contributed by atoms with Crippen LogP contribution in [0.5, 0.6) is 0 Å². The highest BCUT2D eigenvalue weighted by molar-refractivity contribution is 6.62. The molecule has 1 N–H and O–H groups in total. The Bertz CT molecular complexity index is 209. The monoisotopic (exact) mass is 320 g/mol. The third-order valence-corrected chi connectivity index (χ3v) is 7.21. The van der Waals surface area contributed by atoms with Gasteiger partial charge >= 0.3 is 8.80 Å². The van der Waals surface area contributed by atoms with Crippen molar-refractivity contribution in [3.8, 4) is 0 Å². The van der Waals surface area contributed by atoms with Crippen molar-refractivity contribution < 1.29 is 18.4 Å². The van der Waals surface area contributed by atoms with Crippen LogP contribution in [0.15, 0.2) is 0 Å². The lowest BCUT2D eigenvalue weighted by molar-refractivity contribution is 0.0511. The highest BCUT2D eigenvalue weighted by Gasteiger charge is 2.48. The van der Waals surface area contributed by atoms with E-state index in [0.29, 0.717) is 19.8 Å². The smallest absolute Gasteiger partial charge is 0.396 e. The van der Waals surface area contributed by atoms with Crippen molar-refractivity contribution in [1.82, 2.24) is 0 Å². The molecule has 0 amide bonds. The van der Waals surface area contributed by atoms with Gasteiger partial charge < -0.3 is 18.4 Å². The number of hydrogen-bond acceptors (Lipinski definition) is 4. The first-order valence-corrected chi connectivity index (χ1v) is 10.5. The van der Waals surface area contributed by atoms with E-state index in [2.05, 4.69) is 6.92 Å². The van der Waals surface area contributed by atoms with Crippen molar-refractivity contribution in [3.05, 3.63) is 0 Å². The molecule has 0 aliphatic rings. The highest BCUT2D eigenvalue weighted by atomic mass is 28.4. The van der Waals surface area contributed by atoms with E-state index in [1.807, 2.05) is 20.8 Å². The van der Waals surface area contributed by atoms with Gasteiger partial charge in [-0.1, -0.05) is 45.4 Å². The zero-order chi connectivity index (χ0) is 16.0. The van der Waals surface area contributed by atoms with Gasteiger partial charge in [0, 0.05) is 19.8 Å². The molecular weight excluding hydrogens is 284 g/mol. The van der Waals surface area contributed by atoms with Crippen LogP contribution in [-0.4, -0.2) is 40.3 Å². The molecule has 0 fully saturated rings. The van der Waals surface area contributed by atoms with E-state index >= 15 is 0 Å². The zero-order valence-electron chi connectivity index (χ0n) is 14.5. The summed E-state index contributed by atoms with van der Waals surface area (Å²) in [6.07, 6.45) is 8.42. The molecule has 0 aromatic carbocycles. The minimum absolute atomic E-state index is 0.00326. The van der Waals surface area contributed by atoms with Crippen molar-refractivity contribution in [2.24, 2.45) is 0 Å². The van der Waals surface area contributed by atoms with Crippen LogP contribution in [0.4, 0.5) is 0 Å². The topological polar surface area (TPSA) is 47.9 Å². The molecule has 21 heavy (non-hydrogen) atoms. The lowest BCUT2D eigenvalue weighted by Gasteiger charge is -2.34. The van der Waals surface area contributed by atoms with E-state index in [1.165, 1.54) is 32.1 Å². The summed E-state index contributed by atoms with van der Waals surface area (Å²) in [6.45, 7) is 9.89. The lowest BCUT2D eigenvalue weighted by Crippen LogP contribution is -2.51. The van der Waals surface area contributed by atoms with E-state index in [-0.39, 0.29) is 12.1 Å². The average Bonchev–Trinajstić information content (AvgIpc) is 2.47. The quantitative estimate of drug-likeness (QED) is 0.364. The van der Waals surface area contributed by atoms with Crippen LogP contribution in [0.1, 0.15) is 72.6 Å². The SMILES string of the molecule is CCCCCCCCC(CO)[Si](OCC)(OCC)OCC. The number of aliphatic hydroxyl groups excluding tert-OH is 1. The predicted molar refractivity (Wildman–Crippen MR) is 89.5 cm³/mol.